The topological polar surface area (TPSA) is 81.7 Å². The van der Waals surface area contributed by atoms with Crippen molar-refractivity contribution in [2.45, 2.75) is 39.2 Å². The highest BCUT2D eigenvalue weighted by Gasteiger charge is 2.47. The van der Waals surface area contributed by atoms with E-state index in [0.717, 1.165) is 38.5 Å². The van der Waals surface area contributed by atoms with Crippen molar-refractivity contribution in [1.29, 1.82) is 0 Å². The normalized spacial score (nSPS) is 24.5. The first-order valence-electron chi connectivity index (χ1n) is 9.27. The molecular weight excluding hydrogens is 332 g/mol. The van der Waals surface area contributed by atoms with Gasteiger partial charge in [-0.2, -0.15) is 0 Å². The Morgan fingerprint density at radius 2 is 1.81 bits per heavy atom. The highest BCUT2D eigenvalue weighted by Crippen LogP contribution is 2.25. The van der Waals surface area contributed by atoms with E-state index >= 15 is 0 Å². The van der Waals surface area contributed by atoms with Gasteiger partial charge in [0.2, 0.25) is 5.95 Å². The molecule has 0 aliphatic carbocycles. The van der Waals surface area contributed by atoms with Gasteiger partial charge in [0.05, 0.1) is 6.67 Å². The number of anilines is 1. The summed E-state index contributed by atoms with van der Waals surface area (Å²) in [5.41, 5.74) is -0.777. The molecule has 8 heteroatoms. The SMILES string of the molecule is CC(C)CC[C@]1(C)NC(=O)N(CN2CCN(c3ncccn3)CC2)C1=O. The van der Waals surface area contributed by atoms with Gasteiger partial charge in [0.25, 0.3) is 5.91 Å². The average molecular weight is 360 g/mol. The van der Waals surface area contributed by atoms with E-state index in [1.165, 1.54) is 4.90 Å². The number of piperazine rings is 1. The first-order valence-corrected chi connectivity index (χ1v) is 9.27. The van der Waals surface area contributed by atoms with Crippen LogP contribution < -0.4 is 10.2 Å². The van der Waals surface area contributed by atoms with Crippen molar-refractivity contribution in [2.24, 2.45) is 5.92 Å². The van der Waals surface area contributed by atoms with E-state index in [1.807, 2.05) is 6.92 Å². The van der Waals surface area contributed by atoms with Gasteiger partial charge in [0.1, 0.15) is 5.54 Å². The van der Waals surface area contributed by atoms with Crippen LogP contribution in [0, 0.1) is 5.92 Å². The van der Waals surface area contributed by atoms with E-state index in [-0.39, 0.29) is 11.9 Å². The van der Waals surface area contributed by atoms with Gasteiger partial charge in [0.15, 0.2) is 0 Å². The first-order chi connectivity index (χ1) is 12.4. The third kappa shape index (κ3) is 3.95. The van der Waals surface area contributed by atoms with Crippen LogP contribution in [-0.4, -0.2) is 70.1 Å². The molecule has 3 amide bonds. The van der Waals surface area contributed by atoms with E-state index in [1.54, 1.807) is 18.5 Å². The molecule has 142 valence electrons. The van der Waals surface area contributed by atoms with Gasteiger partial charge in [-0.25, -0.2) is 19.7 Å². The van der Waals surface area contributed by atoms with Crippen molar-refractivity contribution in [3.05, 3.63) is 18.5 Å². The molecule has 1 N–H and O–H groups in total. The monoisotopic (exact) mass is 360 g/mol. The molecule has 3 rings (SSSR count). The molecule has 0 spiro atoms. The number of hydrogen-bond acceptors (Lipinski definition) is 6. The number of carbonyl (C=O) groups is 2. The zero-order chi connectivity index (χ0) is 18.7. The van der Waals surface area contributed by atoms with Crippen molar-refractivity contribution in [3.8, 4) is 0 Å². The summed E-state index contributed by atoms with van der Waals surface area (Å²) >= 11 is 0. The molecule has 0 unspecified atom stereocenters. The number of amides is 3. The van der Waals surface area contributed by atoms with E-state index in [2.05, 4.69) is 38.9 Å². The van der Waals surface area contributed by atoms with Gasteiger partial charge in [-0.15, -0.1) is 0 Å². The van der Waals surface area contributed by atoms with Gasteiger partial charge in [0, 0.05) is 38.6 Å². The third-order valence-electron chi connectivity index (χ3n) is 5.12. The van der Waals surface area contributed by atoms with Crippen LogP contribution >= 0.6 is 0 Å². The maximum absolute atomic E-state index is 12.8. The predicted octanol–water partition coefficient (Wildman–Crippen LogP) is 1.30. The lowest BCUT2D eigenvalue weighted by atomic mass is 9.92. The summed E-state index contributed by atoms with van der Waals surface area (Å²) in [4.78, 5) is 39.3. The zero-order valence-corrected chi connectivity index (χ0v) is 15.8. The summed E-state index contributed by atoms with van der Waals surface area (Å²) in [7, 11) is 0. The Labute approximate surface area is 154 Å². The Bertz CT molecular complexity index is 644. The molecule has 26 heavy (non-hydrogen) atoms. The number of nitrogens with zero attached hydrogens (tertiary/aromatic N) is 5. The molecule has 1 aromatic heterocycles. The number of urea groups is 1. The Kier molecular flexibility index (Phi) is 5.41. The summed E-state index contributed by atoms with van der Waals surface area (Å²) in [5.74, 6) is 1.11. The van der Waals surface area contributed by atoms with Crippen LogP contribution in [0.4, 0.5) is 10.7 Å². The molecular formula is C18H28N6O2. The molecule has 2 aliphatic heterocycles. The maximum Gasteiger partial charge on any atom is 0.326 e. The molecule has 1 atom stereocenters. The van der Waals surface area contributed by atoms with Crippen molar-refractivity contribution < 1.29 is 9.59 Å². The lowest BCUT2D eigenvalue weighted by molar-refractivity contribution is -0.132. The number of hydrogen-bond donors (Lipinski definition) is 1. The molecule has 2 saturated heterocycles. The fourth-order valence-electron chi connectivity index (χ4n) is 3.37. The lowest BCUT2D eigenvalue weighted by Crippen LogP contribution is -2.52. The minimum Gasteiger partial charge on any atom is -0.338 e. The van der Waals surface area contributed by atoms with Crippen LogP contribution in [0.1, 0.15) is 33.6 Å². The number of aromatic nitrogens is 2. The lowest BCUT2D eigenvalue weighted by Gasteiger charge is -2.36. The van der Waals surface area contributed by atoms with E-state index in [0.29, 0.717) is 19.0 Å². The number of nitrogens with one attached hydrogen (secondary N) is 1. The second-order valence-corrected chi connectivity index (χ2v) is 7.72. The second-order valence-electron chi connectivity index (χ2n) is 7.72. The minimum absolute atomic E-state index is 0.114. The summed E-state index contributed by atoms with van der Waals surface area (Å²) < 4.78 is 0. The van der Waals surface area contributed by atoms with E-state index < -0.39 is 5.54 Å². The smallest absolute Gasteiger partial charge is 0.326 e. The molecule has 0 radical (unpaired) electrons. The van der Waals surface area contributed by atoms with Crippen molar-refractivity contribution in [3.63, 3.8) is 0 Å². The molecule has 3 heterocycles. The van der Waals surface area contributed by atoms with Gasteiger partial charge >= 0.3 is 6.03 Å². The number of carbonyl (C=O) groups excluding carboxylic acids is 2. The highest BCUT2D eigenvalue weighted by molar-refractivity contribution is 6.06. The third-order valence-corrected chi connectivity index (χ3v) is 5.12. The van der Waals surface area contributed by atoms with Crippen LogP contribution in [0.2, 0.25) is 0 Å². The molecule has 2 fully saturated rings. The summed E-state index contributed by atoms with van der Waals surface area (Å²) in [6.07, 6.45) is 5.05. The highest BCUT2D eigenvalue weighted by atomic mass is 16.2. The Hall–Kier alpha value is -2.22. The second kappa shape index (κ2) is 7.57. The molecule has 2 aliphatic rings. The molecule has 0 saturated carbocycles. The van der Waals surface area contributed by atoms with Gasteiger partial charge in [-0.3, -0.25) is 9.69 Å². The van der Waals surface area contributed by atoms with Crippen LogP contribution in [0.3, 0.4) is 0 Å². The minimum atomic E-state index is -0.777. The van der Waals surface area contributed by atoms with Crippen LogP contribution in [0.15, 0.2) is 18.5 Å². The molecule has 1 aromatic rings. The Balaban J connectivity index is 1.55. The molecule has 0 bridgehead atoms. The summed E-state index contributed by atoms with van der Waals surface area (Å²) in [6.45, 7) is 9.49. The Morgan fingerprint density at radius 3 is 2.42 bits per heavy atom. The maximum atomic E-state index is 12.8. The first kappa shape index (κ1) is 18.6. The molecule has 8 nitrogen and oxygen atoms in total. The summed E-state index contributed by atoms with van der Waals surface area (Å²) in [6, 6.07) is 1.52. The zero-order valence-electron chi connectivity index (χ0n) is 15.8. The van der Waals surface area contributed by atoms with Crippen molar-refractivity contribution in [2.75, 3.05) is 37.7 Å². The van der Waals surface area contributed by atoms with Gasteiger partial charge in [-0.05, 0) is 31.7 Å². The quantitative estimate of drug-likeness (QED) is 0.770. The van der Waals surface area contributed by atoms with Crippen LogP contribution in [0.25, 0.3) is 0 Å². The van der Waals surface area contributed by atoms with Crippen LogP contribution in [0.5, 0.6) is 0 Å². The largest absolute Gasteiger partial charge is 0.338 e. The Morgan fingerprint density at radius 1 is 1.15 bits per heavy atom. The van der Waals surface area contributed by atoms with Crippen molar-refractivity contribution in [1.82, 2.24) is 25.1 Å². The van der Waals surface area contributed by atoms with Gasteiger partial charge < -0.3 is 10.2 Å². The molecule has 0 aromatic carbocycles. The van der Waals surface area contributed by atoms with Crippen LogP contribution in [-0.2, 0) is 4.79 Å². The standard InChI is InChI=1S/C18H28N6O2/c1-14(2)5-6-18(3)15(25)24(17(26)21-18)13-22-9-11-23(12-10-22)16-19-7-4-8-20-16/h4,7-8,14H,5-6,9-13H2,1-3H3,(H,21,26)/t18-/m0/s1. The van der Waals surface area contributed by atoms with E-state index in [9.17, 15) is 9.59 Å². The van der Waals surface area contributed by atoms with E-state index in [4.69, 9.17) is 0 Å². The number of imide groups is 1. The average Bonchev–Trinajstić information content (AvgIpc) is 2.85. The van der Waals surface area contributed by atoms with Crippen molar-refractivity contribution >= 4 is 17.9 Å². The number of rotatable bonds is 6. The fraction of sp³-hybridized carbons (Fsp3) is 0.667. The predicted molar refractivity (Wildman–Crippen MR) is 98.5 cm³/mol. The fourth-order valence-corrected chi connectivity index (χ4v) is 3.37. The summed E-state index contributed by atoms with van der Waals surface area (Å²) in [5, 5.41) is 2.89. The van der Waals surface area contributed by atoms with Gasteiger partial charge in [-0.1, -0.05) is 13.8 Å².